The molecular weight excluding hydrogens is 230 g/mol. The van der Waals surface area contributed by atoms with E-state index >= 15 is 0 Å². The molecule has 1 fully saturated rings. The third kappa shape index (κ3) is 3.23. The zero-order valence-electron chi connectivity index (χ0n) is 12.3. The lowest BCUT2D eigenvalue weighted by molar-refractivity contribution is -0.198. The third-order valence-corrected chi connectivity index (χ3v) is 3.80. The van der Waals surface area contributed by atoms with Crippen molar-refractivity contribution in [2.45, 2.75) is 59.7 Å². The Morgan fingerprint density at radius 2 is 1.83 bits per heavy atom. The molecule has 1 N–H and O–H groups in total. The maximum atomic E-state index is 9.29. The molecular formula is C14H27NO3. The average Bonchev–Trinajstić information content (AvgIpc) is 2.28. The lowest BCUT2D eigenvalue weighted by Crippen LogP contribution is -2.50. The van der Waals surface area contributed by atoms with Gasteiger partial charge in [0.2, 0.25) is 5.79 Å². The highest BCUT2D eigenvalue weighted by Crippen LogP contribution is 2.42. The largest absolute Gasteiger partial charge is 0.411 e. The van der Waals surface area contributed by atoms with Crippen LogP contribution in [0.4, 0.5) is 0 Å². The SMILES string of the molecule is CCOC1(OCC)CCC(C(C)(C)C)CC1=NO. The van der Waals surface area contributed by atoms with E-state index in [-0.39, 0.29) is 5.41 Å². The minimum atomic E-state index is -0.806. The van der Waals surface area contributed by atoms with Gasteiger partial charge in [-0.3, -0.25) is 0 Å². The van der Waals surface area contributed by atoms with Crippen molar-refractivity contribution in [1.82, 2.24) is 0 Å². The van der Waals surface area contributed by atoms with Crippen LogP contribution < -0.4 is 0 Å². The van der Waals surface area contributed by atoms with E-state index < -0.39 is 5.79 Å². The molecule has 0 spiro atoms. The minimum absolute atomic E-state index is 0.209. The molecule has 0 aliphatic heterocycles. The van der Waals surface area contributed by atoms with E-state index in [1.807, 2.05) is 13.8 Å². The zero-order valence-corrected chi connectivity index (χ0v) is 12.3. The van der Waals surface area contributed by atoms with Gasteiger partial charge in [0.05, 0.1) is 0 Å². The summed E-state index contributed by atoms with van der Waals surface area (Å²) in [5.74, 6) is -0.308. The molecule has 1 unspecified atom stereocenters. The number of rotatable bonds is 4. The molecule has 1 atom stereocenters. The van der Waals surface area contributed by atoms with Crippen molar-refractivity contribution < 1.29 is 14.7 Å². The number of hydrogen-bond donors (Lipinski definition) is 1. The molecule has 0 aromatic carbocycles. The van der Waals surface area contributed by atoms with Gasteiger partial charge in [0, 0.05) is 19.6 Å². The summed E-state index contributed by atoms with van der Waals surface area (Å²) in [6.45, 7) is 11.7. The van der Waals surface area contributed by atoms with Crippen LogP contribution in [0, 0.1) is 11.3 Å². The van der Waals surface area contributed by atoms with Crippen molar-refractivity contribution in [3.8, 4) is 0 Å². The molecule has 18 heavy (non-hydrogen) atoms. The first kappa shape index (κ1) is 15.4. The molecule has 0 aromatic rings. The quantitative estimate of drug-likeness (QED) is 0.477. The predicted molar refractivity (Wildman–Crippen MR) is 72.0 cm³/mol. The Labute approximate surface area is 110 Å². The monoisotopic (exact) mass is 257 g/mol. The summed E-state index contributed by atoms with van der Waals surface area (Å²) in [5, 5.41) is 12.8. The molecule has 4 heteroatoms. The molecule has 106 valence electrons. The number of ether oxygens (including phenoxy) is 2. The molecule has 1 rings (SSSR count). The van der Waals surface area contributed by atoms with Crippen molar-refractivity contribution in [3.05, 3.63) is 0 Å². The van der Waals surface area contributed by atoms with Crippen LogP contribution in [0.3, 0.4) is 0 Å². The van der Waals surface area contributed by atoms with Crippen molar-refractivity contribution in [2.75, 3.05) is 13.2 Å². The Morgan fingerprint density at radius 3 is 2.22 bits per heavy atom. The van der Waals surface area contributed by atoms with Gasteiger partial charge < -0.3 is 14.7 Å². The van der Waals surface area contributed by atoms with Crippen molar-refractivity contribution in [2.24, 2.45) is 16.5 Å². The van der Waals surface area contributed by atoms with Crippen LogP contribution in [0.15, 0.2) is 5.16 Å². The third-order valence-electron chi connectivity index (χ3n) is 3.80. The van der Waals surface area contributed by atoms with Gasteiger partial charge in [-0.1, -0.05) is 25.9 Å². The number of nitrogens with zero attached hydrogens (tertiary/aromatic N) is 1. The van der Waals surface area contributed by atoms with Crippen molar-refractivity contribution >= 4 is 5.71 Å². The van der Waals surface area contributed by atoms with E-state index in [0.717, 1.165) is 19.3 Å². The summed E-state index contributed by atoms with van der Waals surface area (Å²) in [6, 6.07) is 0. The molecule has 0 aromatic heterocycles. The standard InChI is InChI=1S/C14H27NO3/c1-6-17-14(18-7-2)9-8-11(13(3,4)5)10-12(14)15-16/h11,16H,6-10H2,1-5H3. The first-order chi connectivity index (χ1) is 8.39. The van der Waals surface area contributed by atoms with Gasteiger partial charge >= 0.3 is 0 Å². The molecule has 0 saturated heterocycles. The molecule has 1 saturated carbocycles. The summed E-state index contributed by atoms with van der Waals surface area (Å²) in [6.07, 6.45) is 2.53. The Hall–Kier alpha value is -0.610. The van der Waals surface area contributed by atoms with Gasteiger partial charge in [-0.2, -0.15) is 0 Å². The first-order valence-corrected chi connectivity index (χ1v) is 6.89. The van der Waals surface area contributed by atoms with E-state index in [9.17, 15) is 5.21 Å². The topological polar surface area (TPSA) is 51.0 Å². The van der Waals surface area contributed by atoms with E-state index in [4.69, 9.17) is 9.47 Å². The van der Waals surface area contributed by atoms with E-state index in [2.05, 4.69) is 25.9 Å². The second-order valence-electron chi connectivity index (χ2n) is 5.97. The van der Waals surface area contributed by atoms with Gasteiger partial charge in [0.25, 0.3) is 0 Å². The van der Waals surface area contributed by atoms with Gasteiger partial charge in [0.15, 0.2) is 0 Å². The van der Waals surface area contributed by atoms with Crippen LogP contribution in [0.5, 0.6) is 0 Å². The van der Waals surface area contributed by atoms with Crippen LogP contribution >= 0.6 is 0 Å². The molecule has 0 amide bonds. The first-order valence-electron chi connectivity index (χ1n) is 6.89. The van der Waals surface area contributed by atoms with E-state index in [0.29, 0.717) is 24.8 Å². The maximum absolute atomic E-state index is 9.29. The van der Waals surface area contributed by atoms with Crippen molar-refractivity contribution in [3.63, 3.8) is 0 Å². The summed E-state index contributed by atoms with van der Waals surface area (Å²) < 4.78 is 11.5. The lowest BCUT2D eigenvalue weighted by atomic mass is 9.70. The van der Waals surface area contributed by atoms with Gasteiger partial charge in [-0.25, -0.2) is 0 Å². The second-order valence-corrected chi connectivity index (χ2v) is 5.97. The fourth-order valence-corrected chi connectivity index (χ4v) is 2.67. The highest BCUT2D eigenvalue weighted by molar-refractivity contribution is 5.91. The van der Waals surface area contributed by atoms with Crippen LogP contribution in [-0.4, -0.2) is 29.9 Å². The number of oxime groups is 1. The number of hydrogen-bond acceptors (Lipinski definition) is 4. The molecule has 1 aliphatic carbocycles. The summed E-state index contributed by atoms with van der Waals surface area (Å²) in [5.41, 5.74) is 0.845. The molecule has 0 heterocycles. The fraction of sp³-hybridized carbons (Fsp3) is 0.929. The van der Waals surface area contributed by atoms with Gasteiger partial charge in [-0.15, -0.1) is 0 Å². The predicted octanol–water partition coefficient (Wildman–Crippen LogP) is 3.43. The van der Waals surface area contributed by atoms with Gasteiger partial charge in [-0.05, 0) is 38.0 Å². The highest BCUT2D eigenvalue weighted by Gasteiger charge is 2.45. The fourth-order valence-electron chi connectivity index (χ4n) is 2.67. The summed E-state index contributed by atoms with van der Waals surface area (Å²) in [4.78, 5) is 0. The molecule has 0 bridgehead atoms. The van der Waals surface area contributed by atoms with E-state index in [1.54, 1.807) is 0 Å². The Balaban J connectivity index is 2.90. The van der Waals surface area contributed by atoms with Crippen LogP contribution in [0.2, 0.25) is 0 Å². The van der Waals surface area contributed by atoms with Crippen LogP contribution in [0.25, 0.3) is 0 Å². The molecule has 0 radical (unpaired) electrons. The lowest BCUT2D eigenvalue weighted by Gasteiger charge is -2.43. The second kappa shape index (κ2) is 6.02. The summed E-state index contributed by atoms with van der Waals surface area (Å²) in [7, 11) is 0. The average molecular weight is 257 g/mol. The summed E-state index contributed by atoms with van der Waals surface area (Å²) >= 11 is 0. The van der Waals surface area contributed by atoms with Crippen LogP contribution in [-0.2, 0) is 9.47 Å². The molecule has 1 aliphatic rings. The smallest absolute Gasteiger partial charge is 0.211 e. The molecule has 4 nitrogen and oxygen atoms in total. The Morgan fingerprint density at radius 1 is 1.28 bits per heavy atom. The van der Waals surface area contributed by atoms with E-state index in [1.165, 1.54) is 0 Å². The van der Waals surface area contributed by atoms with Crippen molar-refractivity contribution in [1.29, 1.82) is 0 Å². The van der Waals surface area contributed by atoms with Gasteiger partial charge in [0.1, 0.15) is 5.71 Å². The maximum Gasteiger partial charge on any atom is 0.211 e. The Kier molecular flexibility index (Phi) is 5.17. The zero-order chi connectivity index (χ0) is 13.8. The highest BCUT2D eigenvalue weighted by atomic mass is 16.7. The normalized spacial score (nSPS) is 26.5. The Bertz CT molecular complexity index is 288. The van der Waals surface area contributed by atoms with Crippen LogP contribution in [0.1, 0.15) is 53.9 Å². The minimum Gasteiger partial charge on any atom is -0.411 e.